The molecule has 1 atom stereocenters. The summed E-state index contributed by atoms with van der Waals surface area (Å²) in [7, 11) is 3.26. The third-order valence-electron chi connectivity index (χ3n) is 5.25. The van der Waals surface area contributed by atoms with Crippen LogP contribution in [0.4, 0.5) is 0 Å². The Morgan fingerprint density at radius 2 is 1.93 bits per heavy atom. The molecule has 0 bridgehead atoms. The molecule has 1 N–H and O–H groups in total. The maximum Gasteiger partial charge on any atom is 0.263 e. The minimum Gasteiger partial charge on any atom is -0.493 e. The van der Waals surface area contributed by atoms with Crippen molar-refractivity contribution >= 4 is 17.2 Å². The predicted octanol–water partition coefficient (Wildman–Crippen LogP) is 3.40. The number of hydrogen-bond donors (Lipinski definition) is 1. The molecule has 30 heavy (non-hydrogen) atoms. The van der Waals surface area contributed by atoms with Crippen molar-refractivity contribution in [3.05, 3.63) is 39.3 Å². The van der Waals surface area contributed by atoms with E-state index in [9.17, 15) is 4.79 Å². The van der Waals surface area contributed by atoms with Gasteiger partial charge in [-0.25, -0.2) is 4.98 Å². The SMILES string of the molecule is COc1ccc([C@H](CNC(=O)c2sc(C(C)C)nc2C)N2CCOCC2)cc1OC. The minimum atomic E-state index is -0.0735. The van der Waals surface area contributed by atoms with Gasteiger partial charge in [0.25, 0.3) is 5.91 Å². The maximum absolute atomic E-state index is 12.9. The fourth-order valence-corrected chi connectivity index (χ4v) is 4.54. The molecule has 2 aromatic rings. The number of carbonyl (C=O) groups is 1. The van der Waals surface area contributed by atoms with Gasteiger partial charge in [0.05, 0.1) is 44.2 Å². The van der Waals surface area contributed by atoms with Crippen molar-refractivity contribution in [2.45, 2.75) is 32.7 Å². The van der Waals surface area contributed by atoms with Crippen molar-refractivity contribution < 1.29 is 19.0 Å². The second-order valence-electron chi connectivity index (χ2n) is 7.61. The Balaban J connectivity index is 1.80. The number of aryl methyl sites for hydroxylation is 1. The Morgan fingerprint density at radius 3 is 2.53 bits per heavy atom. The summed E-state index contributed by atoms with van der Waals surface area (Å²) >= 11 is 1.48. The van der Waals surface area contributed by atoms with Gasteiger partial charge in [-0.2, -0.15) is 0 Å². The van der Waals surface area contributed by atoms with E-state index in [0.717, 1.165) is 29.4 Å². The van der Waals surface area contributed by atoms with E-state index in [1.165, 1.54) is 11.3 Å². The van der Waals surface area contributed by atoms with Crippen LogP contribution in [0.25, 0.3) is 0 Å². The van der Waals surface area contributed by atoms with Crippen LogP contribution < -0.4 is 14.8 Å². The molecule has 1 fully saturated rings. The first-order chi connectivity index (χ1) is 14.4. The van der Waals surface area contributed by atoms with Crippen LogP contribution in [0.15, 0.2) is 18.2 Å². The largest absolute Gasteiger partial charge is 0.493 e. The van der Waals surface area contributed by atoms with Gasteiger partial charge in [-0.1, -0.05) is 19.9 Å². The molecule has 0 unspecified atom stereocenters. The molecular formula is C22H31N3O4S. The first kappa shape index (κ1) is 22.5. The van der Waals surface area contributed by atoms with E-state index >= 15 is 0 Å². The van der Waals surface area contributed by atoms with E-state index in [2.05, 4.69) is 29.0 Å². The molecule has 0 spiro atoms. The number of carbonyl (C=O) groups excluding carboxylic acids is 1. The van der Waals surface area contributed by atoms with Crippen molar-refractivity contribution in [2.75, 3.05) is 47.1 Å². The van der Waals surface area contributed by atoms with E-state index < -0.39 is 0 Å². The molecule has 1 aliphatic rings. The van der Waals surface area contributed by atoms with Crippen LogP contribution in [0.3, 0.4) is 0 Å². The molecule has 1 aromatic carbocycles. The molecule has 2 heterocycles. The van der Waals surface area contributed by atoms with Crippen molar-refractivity contribution in [1.29, 1.82) is 0 Å². The molecule has 0 saturated carbocycles. The van der Waals surface area contributed by atoms with Gasteiger partial charge in [-0.15, -0.1) is 11.3 Å². The van der Waals surface area contributed by atoms with Gasteiger partial charge in [0.1, 0.15) is 4.88 Å². The lowest BCUT2D eigenvalue weighted by Gasteiger charge is -2.35. The number of benzene rings is 1. The first-order valence-electron chi connectivity index (χ1n) is 10.2. The lowest BCUT2D eigenvalue weighted by molar-refractivity contribution is 0.0162. The van der Waals surface area contributed by atoms with Crippen LogP contribution in [0.2, 0.25) is 0 Å². The average Bonchev–Trinajstić information content (AvgIpc) is 3.16. The Hall–Kier alpha value is -2.16. The summed E-state index contributed by atoms with van der Waals surface area (Å²) < 4.78 is 16.4. The molecule has 0 radical (unpaired) electrons. The molecule has 1 saturated heterocycles. The smallest absolute Gasteiger partial charge is 0.263 e. The molecular weight excluding hydrogens is 402 g/mol. The number of aromatic nitrogens is 1. The number of nitrogens with zero attached hydrogens (tertiary/aromatic N) is 2. The van der Waals surface area contributed by atoms with Crippen LogP contribution in [0.5, 0.6) is 11.5 Å². The fraction of sp³-hybridized carbons (Fsp3) is 0.545. The third-order valence-corrected chi connectivity index (χ3v) is 6.70. The van der Waals surface area contributed by atoms with Gasteiger partial charge in [0, 0.05) is 25.6 Å². The van der Waals surface area contributed by atoms with Crippen molar-refractivity contribution in [3.63, 3.8) is 0 Å². The van der Waals surface area contributed by atoms with Gasteiger partial charge in [0.2, 0.25) is 0 Å². The lowest BCUT2D eigenvalue weighted by atomic mass is 10.0. The highest BCUT2D eigenvalue weighted by atomic mass is 32.1. The van der Waals surface area contributed by atoms with E-state index in [1.807, 2.05) is 25.1 Å². The second-order valence-corrected chi connectivity index (χ2v) is 8.64. The van der Waals surface area contributed by atoms with Gasteiger partial charge in [-0.3, -0.25) is 9.69 Å². The Bertz CT molecular complexity index is 862. The van der Waals surface area contributed by atoms with E-state index in [4.69, 9.17) is 14.2 Å². The summed E-state index contributed by atoms with van der Waals surface area (Å²) in [6.45, 7) is 9.55. The summed E-state index contributed by atoms with van der Waals surface area (Å²) in [6, 6.07) is 5.93. The molecule has 3 rings (SSSR count). The number of methoxy groups -OCH3 is 2. The van der Waals surface area contributed by atoms with E-state index in [0.29, 0.717) is 42.1 Å². The highest BCUT2D eigenvalue weighted by Crippen LogP contribution is 2.32. The zero-order chi connectivity index (χ0) is 21.7. The quantitative estimate of drug-likeness (QED) is 0.688. The van der Waals surface area contributed by atoms with Gasteiger partial charge in [0.15, 0.2) is 11.5 Å². The van der Waals surface area contributed by atoms with Gasteiger partial charge < -0.3 is 19.5 Å². The molecule has 1 aliphatic heterocycles. The lowest BCUT2D eigenvalue weighted by Crippen LogP contribution is -2.43. The summed E-state index contributed by atoms with van der Waals surface area (Å²) in [5.41, 5.74) is 1.86. The second kappa shape index (κ2) is 10.2. The number of amides is 1. The summed E-state index contributed by atoms with van der Waals surface area (Å²) in [5, 5.41) is 4.12. The minimum absolute atomic E-state index is 0.00968. The van der Waals surface area contributed by atoms with Crippen LogP contribution in [-0.2, 0) is 4.74 Å². The molecule has 8 heteroatoms. The van der Waals surface area contributed by atoms with Crippen molar-refractivity contribution in [2.24, 2.45) is 0 Å². The van der Waals surface area contributed by atoms with Crippen molar-refractivity contribution in [1.82, 2.24) is 15.2 Å². The summed E-state index contributed by atoms with van der Waals surface area (Å²) in [4.78, 5) is 20.5. The predicted molar refractivity (Wildman–Crippen MR) is 118 cm³/mol. The van der Waals surface area contributed by atoms with Crippen LogP contribution in [0.1, 0.15) is 51.7 Å². The van der Waals surface area contributed by atoms with Crippen LogP contribution >= 0.6 is 11.3 Å². The van der Waals surface area contributed by atoms with E-state index in [1.54, 1.807) is 14.2 Å². The fourth-order valence-electron chi connectivity index (χ4n) is 3.55. The average molecular weight is 434 g/mol. The first-order valence-corrected chi connectivity index (χ1v) is 11.1. The summed E-state index contributed by atoms with van der Waals surface area (Å²) in [6.07, 6.45) is 0. The monoisotopic (exact) mass is 433 g/mol. The number of morpholine rings is 1. The maximum atomic E-state index is 12.9. The zero-order valence-corrected chi connectivity index (χ0v) is 19.2. The highest BCUT2D eigenvalue weighted by molar-refractivity contribution is 7.13. The summed E-state index contributed by atoms with van der Waals surface area (Å²) in [5.74, 6) is 1.60. The molecule has 7 nitrogen and oxygen atoms in total. The standard InChI is InChI=1S/C22H31N3O4S/c1-14(2)22-24-15(3)20(30-22)21(26)23-13-17(25-8-10-29-11-9-25)16-6-7-18(27-4)19(12-16)28-5/h6-7,12,14,17H,8-11,13H2,1-5H3,(H,23,26)/t17-/m0/s1. The molecule has 1 amide bonds. The van der Waals surface area contributed by atoms with Crippen LogP contribution in [-0.4, -0.2) is 62.9 Å². The van der Waals surface area contributed by atoms with Gasteiger partial charge >= 0.3 is 0 Å². The Labute approximate surface area is 182 Å². The number of rotatable bonds is 8. The number of ether oxygens (including phenoxy) is 3. The number of thiazole rings is 1. The zero-order valence-electron chi connectivity index (χ0n) is 18.4. The highest BCUT2D eigenvalue weighted by Gasteiger charge is 2.25. The Morgan fingerprint density at radius 1 is 1.23 bits per heavy atom. The normalized spacial score (nSPS) is 15.8. The molecule has 1 aromatic heterocycles. The van der Waals surface area contributed by atoms with E-state index in [-0.39, 0.29) is 11.9 Å². The van der Waals surface area contributed by atoms with Crippen molar-refractivity contribution in [3.8, 4) is 11.5 Å². The molecule has 164 valence electrons. The number of nitrogens with one attached hydrogen (secondary N) is 1. The number of hydrogen-bond acceptors (Lipinski definition) is 7. The topological polar surface area (TPSA) is 72.9 Å². The third kappa shape index (κ3) is 5.11. The van der Waals surface area contributed by atoms with Gasteiger partial charge in [-0.05, 0) is 24.6 Å². The Kier molecular flexibility index (Phi) is 7.69. The van der Waals surface area contributed by atoms with Crippen LogP contribution in [0, 0.1) is 6.92 Å². The molecule has 0 aliphatic carbocycles.